The van der Waals surface area contributed by atoms with E-state index in [2.05, 4.69) is 66.9 Å². The van der Waals surface area contributed by atoms with E-state index in [-0.39, 0.29) is 5.91 Å². The quantitative estimate of drug-likeness (QED) is 0.571. The van der Waals surface area contributed by atoms with Gasteiger partial charge in [0.25, 0.3) is 0 Å². The number of rotatable bonds is 4. The summed E-state index contributed by atoms with van der Waals surface area (Å²) >= 11 is 0. The standard InChI is InChI=1S/C23H22N2O/c1-15-5-3-6-17(13-15)11-12-25-20-8-4-7-19(23(24)26)22(20)18-10-9-16(2)14-21(18)25/h3-10,13-14H,11-12H2,1-2H3,(H2,24,26). The summed E-state index contributed by atoms with van der Waals surface area (Å²) in [6, 6.07) is 20.8. The van der Waals surface area contributed by atoms with Crippen LogP contribution < -0.4 is 5.73 Å². The summed E-state index contributed by atoms with van der Waals surface area (Å²) in [5, 5.41) is 2.04. The lowest BCUT2D eigenvalue weighted by Gasteiger charge is -2.09. The molecular weight excluding hydrogens is 320 g/mol. The van der Waals surface area contributed by atoms with Gasteiger partial charge in [-0.3, -0.25) is 4.79 Å². The van der Waals surface area contributed by atoms with Crippen LogP contribution in [0.1, 0.15) is 27.0 Å². The summed E-state index contributed by atoms with van der Waals surface area (Å²) in [6.45, 7) is 5.07. The molecule has 1 heterocycles. The van der Waals surface area contributed by atoms with Crippen LogP contribution in [0.2, 0.25) is 0 Å². The maximum atomic E-state index is 12.0. The second-order valence-electron chi connectivity index (χ2n) is 6.98. The number of aromatic nitrogens is 1. The predicted octanol–water partition coefficient (Wildman–Crippen LogP) is 4.75. The second kappa shape index (κ2) is 6.34. The van der Waals surface area contributed by atoms with Crippen LogP contribution in [0, 0.1) is 13.8 Å². The van der Waals surface area contributed by atoms with Gasteiger partial charge in [-0.05, 0) is 49.6 Å². The van der Waals surface area contributed by atoms with E-state index in [1.165, 1.54) is 16.7 Å². The number of hydrogen-bond acceptors (Lipinski definition) is 1. The summed E-state index contributed by atoms with van der Waals surface area (Å²) in [6.07, 6.45) is 0.940. The minimum absolute atomic E-state index is 0.381. The van der Waals surface area contributed by atoms with Crippen LogP contribution in [-0.2, 0) is 13.0 Å². The third kappa shape index (κ3) is 2.76. The normalized spacial score (nSPS) is 11.3. The molecule has 0 aliphatic rings. The van der Waals surface area contributed by atoms with Crippen molar-refractivity contribution in [3.63, 3.8) is 0 Å². The predicted molar refractivity (Wildman–Crippen MR) is 108 cm³/mol. The molecule has 0 aliphatic carbocycles. The molecule has 3 aromatic carbocycles. The fraction of sp³-hybridized carbons (Fsp3) is 0.174. The molecule has 0 bridgehead atoms. The van der Waals surface area contributed by atoms with Crippen LogP contribution in [-0.4, -0.2) is 10.5 Å². The SMILES string of the molecule is Cc1cccc(CCn2c3cc(C)ccc3c3c(C(N)=O)cccc32)c1. The van der Waals surface area contributed by atoms with Crippen LogP contribution in [0.5, 0.6) is 0 Å². The molecule has 0 saturated heterocycles. The third-order valence-corrected chi connectivity index (χ3v) is 5.02. The molecule has 0 saturated carbocycles. The molecule has 0 unspecified atom stereocenters. The minimum atomic E-state index is -0.381. The van der Waals surface area contributed by atoms with E-state index in [1.54, 1.807) is 0 Å². The van der Waals surface area contributed by atoms with Gasteiger partial charge < -0.3 is 10.3 Å². The highest BCUT2D eigenvalue weighted by atomic mass is 16.1. The lowest BCUT2D eigenvalue weighted by Crippen LogP contribution is -2.11. The Hall–Kier alpha value is -3.07. The Morgan fingerprint density at radius 2 is 1.69 bits per heavy atom. The molecule has 3 nitrogen and oxygen atoms in total. The van der Waals surface area contributed by atoms with E-state index >= 15 is 0 Å². The zero-order valence-corrected chi connectivity index (χ0v) is 15.1. The third-order valence-electron chi connectivity index (χ3n) is 5.02. The van der Waals surface area contributed by atoms with E-state index in [4.69, 9.17) is 5.73 Å². The summed E-state index contributed by atoms with van der Waals surface area (Å²) in [7, 11) is 0. The lowest BCUT2D eigenvalue weighted by atomic mass is 10.1. The monoisotopic (exact) mass is 342 g/mol. The van der Waals surface area contributed by atoms with Crippen molar-refractivity contribution in [2.24, 2.45) is 5.73 Å². The van der Waals surface area contributed by atoms with E-state index in [1.807, 2.05) is 12.1 Å². The van der Waals surface area contributed by atoms with E-state index in [0.29, 0.717) is 5.56 Å². The van der Waals surface area contributed by atoms with Crippen molar-refractivity contribution in [3.05, 3.63) is 82.9 Å². The first-order valence-corrected chi connectivity index (χ1v) is 8.91. The summed E-state index contributed by atoms with van der Waals surface area (Å²) in [4.78, 5) is 12.0. The Kier molecular flexibility index (Phi) is 4.00. The van der Waals surface area contributed by atoms with Gasteiger partial charge in [0, 0.05) is 33.9 Å². The topological polar surface area (TPSA) is 48.0 Å². The van der Waals surface area contributed by atoms with Crippen molar-refractivity contribution in [3.8, 4) is 0 Å². The fourth-order valence-corrected chi connectivity index (χ4v) is 3.81. The van der Waals surface area contributed by atoms with Gasteiger partial charge in [-0.1, -0.05) is 48.0 Å². The van der Waals surface area contributed by atoms with Crippen LogP contribution in [0.4, 0.5) is 0 Å². The maximum Gasteiger partial charge on any atom is 0.249 e. The number of benzene rings is 3. The first-order chi connectivity index (χ1) is 12.5. The molecule has 0 spiro atoms. The number of nitrogens with two attached hydrogens (primary N) is 1. The number of aryl methyl sites for hydroxylation is 4. The van der Waals surface area contributed by atoms with Crippen LogP contribution in [0.3, 0.4) is 0 Å². The molecule has 130 valence electrons. The highest BCUT2D eigenvalue weighted by Gasteiger charge is 2.16. The molecule has 4 rings (SSSR count). The number of nitrogens with zero attached hydrogens (tertiary/aromatic N) is 1. The average molecular weight is 342 g/mol. The molecule has 3 heteroatoms. The first-order valence-electron chi connectivity index (χ1n) is 8.91. The largest absolute Gasteiger partial charge is 0.366 e. The molecular formula is C23H22N2O. The smallest absolute Gasteiger partial charge is 0.249 e. The van der Waals surface area contributed by atoms with Crippen molar-refractivity contribution in [1.29, 1.82) is 0 Å². The zero-order chi connectivity index (χ0) is 18.3. The van der Waals surface area contributed by atoms with E-state index < -0.39 is 0 Å². The van der Waals surface area contributed by atoms with Gasteiger partial charge in [-0.2, -0.15) is 0 Å². The van der Waals surface area contributed by atoms with Gasteiger partial charge in [0.1, 0.15) is 0 Å². The number of hydrogen-bond donors (Lipinski definition) is 1. The van der Waals surface area contributed by atoms with Gasteiger partial charge in [0.15, 0.2) is 0 Å². The molecule has 4 aromatic rings. The van der Waals surface area contributed by atoms with Crippen molar-refractivity contribution >= 4 is 27.7 Å². The van der Waals surface area contributed by atoms with Crippen molar-refractivity contribution in [2.75, 3.05) is 0 Å². The van der Waals surface area contributed by atoms with Gasteiger partial charge in [-0.25, -0.2) is 0 Å². The Morgan fingerprint density at radius 1 is 0.923 bits per heavy atom. The van der Waals surface area contributed by atoms with Gasteiger partial charge in [-0.15, -0.1) is 0 Å². The lowest BCUT2D eigenvalue weighted by molar-refractivity contribution is 0.100. The van der Waals surface area contributed by atoms with Gasteiger partial charge >= 0.3 is 0 Å². The number of fused-ring (bicyclic) bond motifs is 3. The van der Waals surface area contributed by atoms with Crippen LogP contribution in [0.25, 0.3) is 21.8 Å². The Balaban J connectivity index is 1.90. The zero-order valence-electron chi connectivity index (χ0n) is 15.1. The number of primary amides is 1. The molecule has 1 aromatic heterocycles. The number of amides is 1. The van der Waals surface area contributed by atoms with Crippen LogP contribution >= 0.6 is 0 Å². The average Bonchev–Trinajstić information content (AvgIpc) is 2.92. The Labute approximate surface area is 153 Å². The van der Waals surface area contributed by atoms with Crippen molar-refractivity contribution in [2.45, 2.75) is 26.8 Å². The summed E-state index contributed by atoms with van der Waals surface area (Å²) in [5.41, 5.74) is 12.2. The van der Waals surface area contributed by atoms with Crippen LogP contribution in [0.15, 0.2) is 60.7 Å². The summed E-state index contributed by atoms with van der Waals surface area (Å²) in [5.74, 6) is -0.381. The highest BCUT2D eigenvalue weighted by Crippen LogP contribution is 2.32. The number of carbonyl (C=O) groups excluding carboxylic acids is 1. The highest BCUT2D eigenvalue weighted by molar-refractivity contribution is 6.17. The second-order valence-corrected chi connectivity index (χ2v) is 6.98. The molecule has 1 amide bonds. The maximum absolute atomic E-state index is 12.0. The summed E-state index contributed by atoms with van der Waals surface area (Å²) < 4.78 is 2.31. The molecule has 0 radical (unpaired) electrons. The molecule has 0 aliphatic heterocycles. The van der Waals surface area contributed by atoms with Gasteiger partial charge in [0.05, 0.1) is 0 Å². The fourth-order valence-electron chi connectivity index (χ4n) is 3.81. The molecule has 0 fully saturated rings. The molecule has 26 heavy (non-hydrogen) atoms. The number of carbonyl (C=O) groups is 1. The first kappa shape index (κ1) is 16.4. The van der Waals surface area contributed by atoms with Gasteiger partial charge in [0.2, 0.25) is 5.91 Å². The van der Waals surface area contributed by atoms with Crippen molar-refractivity contribution in [1.82, 2.24) is 4.57 Å². The van der Waals surface area contributed by atoms with E-state index in [9.17, 15) is 4.79 Å². The Morgan fingerprint density at radius 3 is 2.46 bits per heavy atom. The molecule has 0 atom stereocenters. The Bertz CT molecular complexity index is 1140. The minimum Gasteiger partial charge on any atom is -0.366 e. The molecule has 2 N–H and O–H groups in total. The van der Waals surface area contributed by atoms with Crippen molar-refractivity contribution < 1.29 is 4.79 Å². The van der Waals surface area contributed by atoms with E-state index in [0.717, 1.165) is 34.8 Å².